The van der Waals surface area contributed by atoms with Gasteiger partial charge in [0.1, 0.15) is 5.60 Å². The third-order valence-electron chi connectivity index (χ3n) is 4.45. The summed E-state index contributed by atoms with van der Waals surface area (Å²) in [5, 5.41) is -0.0572. The second kappa shape index (κ2) is 5.82. The Hall–Kier alpha value is -0.313. The molecule has 0 bridgehead atoms. The molecule has 0 amide bonds. The van der Waals surface area contributed by atoms with Crippen molar-refractivity contribution in [3.8, 4) is 11.8 Å². The van der Waals surface area contributed by atoms with Crippen LogP contribution in [0.2, 0.25) is 24.7 Å². The summed E-state index contributed by atoms with van der Waals surface area (Å²) in [7, 11) is -4.92. The summed E-state index contributed by atoms with van der Waals surface area (Å²) < 4.78 is 28.5. The molecular weight excluding hydrogens is 288 g/mol. The zero-order valence-corrected chi connectivity index (χ0v) is 15.5. The molecule has 1 saturated carbocycles. The number of rotatable bonds is 3. The van der Waals surface area contributed by atoms with E-state index in [0.29, 0.717) is 0 Å². The van der Waals surface area contributed by atoms with Crippen LogP contribution in [0.5, 0.6) is 0 Å². The van der Waals surface area contributed by atoms with Crippen LogP contribution in [-0.4, -0.2) is 28.3 Å². The van der Waals surface area contributed by atoms with Crippen LogP contribution < -0.4 is 0 Å². The third-order valence-corrected chi connectivity index (χ3v) is 8.95. The Bertz CT molecular complexity index is 497. The van der Waals surface area contributed by atoms with Gasteiger partial charge in [0.05, 0.1) is 14.3 Å². The fourth-order valence-corrected chi connectivity index (χ4v) is 3.32. The van der Waals surface area contributed by atoms with E-state index in [1.165, 1.54) is 0 Å². The molecule has 0 unspecified atom stereocenters. The summed E-state index contributed by atoms with van der Waals surface area (Å²) >= 11 is 0. The summed E-state index contributed by atoms with van der Waals surface area (Å²) in [5.41, 5.74) is -0.789. The maximum absolute atomic E-state index is 11.5. The monoisotopic (exact) mass is 316 g/mol. The van der Waals surface area contributed by atoms with Crippen molar-refractivity contribution in [2.24, 2.45) is 0 Å². The Morgan fingerprint density at radius 1 is 1.10 bits per heavy atom. The van der Waals surface area contributed by atoms with Crippen molar-refractivity contribution < 1.29 is 12.6 Å². The normalized spacial score (nSPS) is 20.1. The minimum absolute atomic E-state index is 0.0572. The molecule has 0 aliphatic heterocycles. The van der Waals surface area contributed by atoms with Gasteiger partial charge >= 0.3 is 0 Å². The third kappa shape index (κ3) is 4.91. The summed E-state index contributed by atoms with van der Waals surface area (Å²) in [5.74, 6) is 6.58. The second-order valence-electron chi connectivity index (χ2n) is 7.47. The van der Waals surface area contributed by atoms with Gasteiger partial charge in [-0.15, -0.1) is 0 Å². The fraction of sp³-hybridized carbons (Fsp3) is 0.867. The minimum Gasteiger partial charge on any atom is -0.250 e. The van der Waals surface area contributed by atoms with Gasteiger partial charge in [0.15, 0.2) is 0 Å². The van der Waals surface area contributed by atoms with Crippen molar-refractivity contribution in [3.05, 3.63) is 0 Å². The van der Waals surface area contributed by atoms with Crippen molar-refractivity contribution >= 4 is 18.2 Å². The van der Waals surface area contributed by atoms with E-state index in [2.05, 4.69) is 45.3 Å². The lowest BCUT2D eigenvalue weighted by atomic mass is 9.85. The Labute approximate surface area is 125 Å². The van der Waals surface area contributed by atoms with Crippen molar-refractivity contribution in [3.63, 3.8) is 0 Å². The molecule has 0 N–H and O–H groups in total. The molecule has 116 valence electrons. The number of hydrogen-bond donors (Lipinski definition) is 0. The molecule has 0 aromatic carbocycles. The van der Waals surface area contributed by atoms with Crippen molar-refractivity contribution in [1.82, 2.24) is 0 Å². The quantitative estimate of drug-likeness (QED) is 0.452. The van der Waals surface area contributed by atoms with Gasteiger partial charge in [-0.25, -0.2) is 0 Å². The van der Waals surface area contributed by atoms with Crippen LogP contribution in [0.25, 0.3) is 0 Å². The van der Waals surface area contributed by atoms with Gasteiger partial charge in [-0.1, -0.05) is 51.8 Å². The molecule has 20 heavy (non-hydrogen) atoms. The lowest BCUT2D eigenvalue weighted by molar-refractivity contribution is 0.0956. The molecule has 1 aliphatic rings. The van der Waals surface area contributed by atoms with E-state index in [-0.39, 0.29) is 5.04 Å². The van der Waals surface area contributed by atoms with E-state index in [1.807, 2.05) is 0 Å². The molecule has 1 fully saturated rings. The first-order chi connectivity index (χ1) is 8.87. The van der Waals surface area contributed by atoms with Gasteiger partial charge in [0.25, 0.3) is 10.1 Å². The molecule has 1 aliphatic carbocycles. The first-order valence-corrected chi connectivity index (χ1v) is 12.6. The molecule has 0 saturated heterocycles. The van der Waals surface area contributed by atoms with Gasteiger partial charge in [-0.05, 0) is 25.7 Å². The van der Waals surface area contributed by atoms with Crippen LogP contribution in [0.1, 0.15) is 46.0 Å². The zero-order chi connectivity index (χ0) is 15.7. The maximum Gasteiger partial charge on any atom is 0.265 e. The lowest BCUT2D eigenvalue weighted by Gasteiger charge is -2.34. The molecule has 0 atom stereocenters. The first kappa shape index (κ1) is 17.7. The maximum atomic E-state index is 11.5. The first-order valence-electron chi connectivity index (χ1n) is 7.32. The lowest BCUT2D eigenvalue weighted by Crippen LogP contribution is -2.38. The highest BCUT2D eigenvalue weighted by Gasteiger charge is 2.37. The van der Waals surface area contributed by atoms with E-state index in [9.17, 15) is 8.42 Å². The zero-order valence-electron chi connectivity index (χ0n) is 13.7. The van der Waals surface area contributed by atoms with Gasteiger partial charge in [-0.3, -0.25) is 4.18 Å². The average molecular weight is 317 g/mol. The van der Waals surface area contributed by atoms with Crippen LogP contribution in [-0.2, 0) is 14.3 Å². The summed E-state index contributed by atoms with van der Waals surface area (Å²) in [6.07, 6.45) is 5.65. The van der Waals surface area contributed by atoms with Crippen LogP contribution in [0.3, 0.4) is 0 Å². The van der Waals surface area contributed by atoms with Crippen molar-refractivity contribution in [2.75, 3.05) is 6.26 Å². The van der Waals surface area contributed by atoms with Crippen LogP contribution >= 0.6 is 0 Å². The Kier molecular flexibility index (Phi) is 5.16. The molecular formula is C15H28O3SSi. The van der Waals surface area contributed by atoms with E-state index < -0.39 is 23.8 Å². The second-order valence-corrected chi connectivity index (χ2v) is 14.8. The molecule has 0 aromatic heterocycles. The van der Waals surface area contributed by atoms with Crippen LogP contribution in [0.4, 0.5) is 0 Å². The van der Waals surface area contributed by atoms with Crippen molar-refractivity contribution in [2.45, 2.75) is 76.2 Å². The topological polar surface area (TPSA) is 43.4 Å². The van der Waals surface area contributed by atoms with Gasteiger partial charge in [0, 0.05) is 5.04 Å². The van der Waals surface area contributed by atoms with Gasteiger partial charge in [-0.2, -0.15) is 8.42 Å². The fourth-order valence-electron chi connectivity index (χ4n) is 2.10. The van der Waals surface area contributed by atoms with Crippen LogP contribution in [0, 0.1) is 11.8 Å². The van der Waals surface area contributed by atoms with E-state index in [1.54, 1.807) is 0 Å². The average Bonchev–Trinajstić information content (AvgIpc) is 2.24. The molecule has 3 nitrogen and oxygen atoms in total. The smallest absolute Gasteiger partial charge is 0.250 e. The van der Waals surface area contributed by atoms with E-state index in [4.69, 9.17) is 4.18 Å². The Balaban J connectivity index is 3.09. The molecule has 5 heteroatoms. The Morgan fingerprint density at radius 3 is 2.00 bits per heavy atom. The van der Waals surface area contributed by atoms with Gasteiger partial charge < -0.3 is 0 Å². The molecule has 0 radical (unpaired) electrons. The standard InChI is InChI=1S/C15H28O3SSi/c1-14(2,20(4,5)6)12-13-15(18-19(3,16)17)10-8-7-9-11-15/h7-11H2,1-6H3. The Morgan fingerprint density at radius 2 is 1.60 bits per heavy atom. The summed E-state index contributed by atoms with van der Waals surface area (Å²) in [6, 6.07) is 0. The molecule has 1 rings (SSSR count). The highest BCUT2D eigenvalue weighted by atomic mass is 32.2. The minimum atomic E-state index is -3.48. The highest BCUT2D eigenvalue weighted by Crippen LogP contribution is 2.38. The molecule has 0 spiro atoms. The van der Waals surface area contributed by atoms with Crippen LogP contribution in [0.15, 0.2) is 0 Å². The molecule has 0 aromatic rings. The predicted octanol–water partition coefficient (Wildman–Crippen LogP) is 3.79. The predicted molar refractivity (Wildman–Crippen MR) is 86.9 cm³/mol. The van der Waals surface area contributed by atoms with E-state index in [0.717, 1.165) is 38.4 Å². The summed E-state index contributed by atoms with van der Waals surface area (Å²) in [6.45, 7) is 11.2. The SMILES string of the molecule is CC(C)(C#CC1(OS(C)(=O)=O)CCCCC1)[Si](C)(C)C. The number of hydrogen-bond acceptors (Lipinski definition) is 3. The molecule has 0 heterocycles. The summed E-state index contributed by atoms with van der Waals surface area (Å²) in [4.78, 5) is 0. The van der Waals surface area contributed by atoms with E-state index >= 15 is 0 Å². The van der Waals surface area contributed by atoms with Crippen molar-refractivity contribution in [1.29, 1.82) is 0 Å². The largest absolute Gasteiger partial charge is 0.265 e. The van der Waals surface area contributed by atoms with Gasteiger partial charge in [0.2, 0.25) is 0 Å². The highest BCUT2D eigenvalue weighted by molar-refractivity contribution is 7.86.